The molecule has 1 aromatic carbocycles. The summed E-state index contributed by atoms with van der Waals surface area (Å²) in [5.74, 6) is 0. The van der Waals surface area contributed by atoms with E-state index in [0.29, 0.717) is 6.04 Å². The average Bonchev–Trinajstić information content (AvgIpc) is 2.83. The van der Waals surface area contributed by atoms with E-state index in [0.717, 1.165) is 6.54 Å². The van der Waals surface area contributed by atoms with Crippen molar-refractivity contribution in [2.45, 2.75) is 52.1 Å². The van der Waals surface area contributed by atoms with Gasteiger partial charge in [0.05, 0.1) is 6.20 Å². The molecule has 21 heavy (non-hydrogen) atoms. The van der Waals surface area contributed by atoms with E-state index < -0.39 is 0 Å². The van der Waals surface area contributed by atoms with E-state index in [1.54, 1.807) is 0 Å². The lowest BCUT2D eigenvalue weighted by Crippen LogP contribution is -2.21. The summed E-state index contributed by atoms with van der Waals surface area (Å²) in [5.41, 5.74) is 3.91. The van der Waals surface area contributed by atoms with Crippen molar-refractivity contribution < 1.29 is 0 Å². The molecule has 0 saturated carbocycles. The molecule has 0 bridgehead atoms. The molecule has 0 saturated heterocycles. The number of benzene rings is 1. The van der Waals surface area contributed by atoms with Gasteiger partial charge in [0.25, 0.3) is 0 Å². The molecule has 0 spiro atoms. The second-order valence-corrected chi connectivity index (χ2v) is 5.72. The molecule has 3 nitrogen and oxygen atoms in total. The first-order valence-electron chi connectivity index (χ1n) is 7.98. The minimum atomic E-state index is 0.428. The molecule has 0 aliphatic rings. The fourth-order valence-corrected chi connectivity index (χ4v) is 2.62. The van der Waals surface area contributed by atoms with Crippen molar-refractivity contribution in [1.29, 1.82) is 0 Å². The van der Waals surface area contributed by atoms with Crippen LogP contribution in [0.1, 0.15) is 55.5 Å². The molecule has 0 amide bonds. The summed E-state index contributed by atoms with van der Waals surface area (Å²) in [7, 11) is 1.99. The predicted molar refractivity (Wildman–Crippen MR) is 88.1 cm³/mol. The lowest BCUT2D eigenvalue weighted by molar-refractivity contribution is 0.473. The van der Waals surface area contributed by atoms with Crippen molar-refractivity contribution >= 4 is 0 Å². The Morgan fingerprint density at radius 2 is 1.95 bits per heavy atom. The Hall–Kier alpha value is -1.61. The van der Waals surface area contributed by atoms with Gasteiger partial charge in [0.2, 0.25) is 0 Å². The topological polar surface area (TPSA) is 29.9 Å². The van der Waals surface area contributed by atoms with Gasteiger partial charge < -0.3 is 5.32 Å². The van der Waals surface area contributed by atoms with E-state index in [-0.39, 0.29) is 0 Å². The summed E-state index contributed by atoms with van der Waals surface area (Å²) >= 11 is 0. The molecule has 0 aliphatic carbocycles. The lowest BCUT2D eigenvalue weighted by Gasteiger charge is -2.19. The van der Waals surface area contributed by atoms with Crippen LogP contribution in [0.2, 0.25) is 0 Å². The number of rotatable bonds is 8. The monoisotopic (exact) mass is 285 g/mol. The van der Waals surface area contributed by atoms with Gasteiger partial charge in [-0.15, -0.1) is 0 Å². The number of hydrogen-bond acceptors (Lipinski definition) is 2. The van der Waals surface area contributed by atoms with E-state index in [4.69, 9.17) is 0 Å². The van der Waals surface area contributed by atoms with Crippen LogP contribution in [0.15, 0.2) is 36.5 Å². The molecule has 1 unspecified atom stereocenters. The van der Waals surface area contributed by atoms with Gasteiger partial charge in [-0.05, 0) is 18.9 Å². The summed E-state index contributed by atoms with van der Waals surface area (Å²) in [6.07, 6.45) is 7.00. The highest BCUT2D eigenvalue weighted by molar-refractivity contribution is 5.20. The molecule has 1 N–H and O–H groups in total. The van der Waals surface area contributed by atoms with Crippen LogP contribution >= 0.6 is 0 Å². The zero-order chi connectivity index (χ0) is 15.1. The van der Waals surface area contributed by atoms with Crippen LogP contribution in [0.25, 0.3) is 0 Å². The highest BCUT2D eigenvalue weighted by Crippen LogP contribution is 2.20. The van der Waals surface area contributed by atoms with E-state index >= 15 is 0 Å². The highest BCUT2D eigenvalue weighted by Gasteiger charge is 2.12. The SMILES string of the molecule is CCCCCC(NCc1cnn(C)c1C)c1ccccc1. The summed E-state index contributed by atoms with van der Waals surface area (Å²) in [6.45, 7) is 5.26. The van der Waals surface area contributed by atoms with Crippen molar-refractivity contribution in [1.82, 2.24) is 15.1 Å². The molecule has 2 rings (SSSR count). The maximum absolute atomic E-state index is 4.32. The molecular formula is C18H27N3. The minimum Gasteiger partial charge on any atom is -0.306 e. The molecule has 3 heteroatoms. The normalized spacial score (nSPS) is 12.5. The summed E-state index contributed by atoms with van der Waals surface area (Å²) in [4.78, 5) is 0. The fraction of sp³-hybridized carbons (Fsp3) is 0.500. The van der Waals surface area contributed by atoms with Gasteiger partial charge in [0.1, 0.15) is 0 Å². The number of aromatic nitrogens is 2. The van der Waals surface area contributed by atoms with E-state index in [1.807, 2.05) is 17.9 Å². The van der Waals surface area contributed by atoms with Crippen LogP contribution in [0, 0.1) is 6.92 Å². The zero-order valence-corrected chi connectivity index (χ0v) is 13.5. The van der Waals surface area contributed by atoms with Crippen molar-refractivity contribution in [2.75, 3.05) is 0 Å². The summed E-state index contributed by atoms with van der Waals surface area (Å²) in [5, 5.41) is 8.03. The third kappa shape index (κ3) is 4.43. The van der Waals surface area contributed by atoms with Gasteiger partial charge in [-0.1, -0.05) is 56.5 Å². The van der Waals surface area contributed by atoms with Crippen molar-refractivity contribution in [2.24, 2.45) is 7.05 Å². The van der Waals surface area contributed by atoms with Gasteiger partial charge in [0.15, 0.2) is 0 Å². The minimum absolute atomic E-state index is 0.428. The van der Waals surface area contributed by atoms with Gasteiger partial charge in [-0.2, -0.15) is 5.10 Å². The van der Waals surface area contributed by atoms with Gasteiger partial charge >= 0.3 is 0 Å². The molecule has 1 heterocycles. The Morgan fingerprint density at radius 1 is 1.19 bits per heavy atom. The summed E-state index contributed by atoms with van der Waals surface area (Å²) in [6, 6.07) is 11.2. The first-order chi connectivity index (χ1) is 10.2. The Kier molecular flexibility index (Phi) is 6.00. The third-order valence-electron chi connectivity index (χ3n) is 4.17. The smallest absolute Gasteiger partial charge is 0.0537 e. The highest BCUT2D eigenvalue weighted by atomic mass is 15.3. The number of hydrogen-bond donors (Lipinski definition) is 1. The molecule has 0 radical (unpaired) electrons. The van der Waals surface area contributed by atoms with E-state index in [1.165, 1.54) is 42.5 Å². The van der Waals surface area contributed by atoms with Crippen LogP contribution in [-0.4, -0.2) is 9.78 Å². The van der Waals surface area contributed by atoms with Gasteiger partial charge in [-0.25, -0.2) is 0 Å². The molecule has 2 aromatic rings. The number of nitrogens with one attached hydrogen (secondary N) is 1. The Labute approximate surface area is 128 Å². The largest absolute Gasteiger partial charge is 0.306 e. The zero-order valence-electron chi connectivity index (χ0n) is 13.5. The Morgan fingerprint density at radius 3 is 2.57 bits per heavy atom. The predicted octanol–water partition coefficient (Wildman–Crippen LogP) is 4.14. The first kappa shape index (κ1) is 15.8. The molecule has 1 atom stereocenters. The summed E-state index contributed by atoms with van der Waals surface area (Å²) < 4.78 is 1.94. The van der Waals surface area contributed by atoms with Crippen LogP contribution in [0.4, 0.5) is 0 Å². The van der Waals surface area contributed by atoms with Crippen LogP contribution in [0.3, 0.4) is 0 Å². The quantitative estimate of drug-likeness (QED) is 0.739. The third-order valence-corrected chi connectivity index (χ3v) is 4.17. The van der Waals surface area contributed by atoms with Gasteiger partial charge in [0, 0.05) is 30.9 Å². The van der Waals surface area contributed by atoms with Crippen LogP contribution in [0.5, 0.6) is 0 Å². The average molecular weight is 285 g/mol. The molecule has 114 valence electrons. The Balaban J connectivity index is 2.00. The number of nitrogens with zero attached hydrogens (tertiary/aromatic N) is 2. The number of unbranched alkanes of at least 4 members (excludes halogenated alkanes) is 2. The van der Waals surface area contributed by atoms with Crippen molar-refractivity contribution in [3.05, 3.63) is 53.3 Å². The lowest BCUT2D eigenvalue weighted by atomic mass is 10.00. The van der Waals surface area contributed by atoms with Gasteiger partial charge in [-0.3, -0.25) is 4.68 Å². The van der Waals surface area contributed by atoms with Crippen LogP contribution < -0.4 is 5.32 Å². The maximum atomic E-state index is 4.32. The van der Waals surface area contributed by atoms with Crippen molar-refractivity contribution in [3.8, 4) is 0 Å². The second-order valence-electron chi connectivity index (χ2n) is 5.72. The fourth-order valence-electron chi connectivity index (χ4n) is 2.62. The second kappa shape index (κ2) is 7.99. The standard InChI is InChI=1S/C18H27N3/c1-4-5-7-12-18(16-10-8-6-9-11-16)19-13-17-14-20-21(3)15(17)2/h6,8-11,14,18-19H,4-5,7,12-13H2,1-3H3. The first-order valence-corrected chi connectivity index (χ1v) is 7.98. The molecule has 0 fully saturated rings. The number of aryl methyl sites for hydroxylation is 1. The Bertz CT molecular complexity index is 531. The molecule has 1 aromatic heterocycles. The van der Waals surface area contributed by atoms with E-state index in [9.17, 15) is 0 Å². The molecular weight excluding hydrogens is 258 g/mol. The maximum Gasteiger partial charge on any atom is 0.0537 e. The van der Waals surface area contributed by atoms with E-state index in [2.05, 4.69) is 54.6 Å². The van der Waals surface area contributed by atoms with Crippen LogP contribution in [-0.2, 0) is 13.6 Å². The molecule has 0 aliphatic heterocycles. The van der Waals surface area contributed by atoms with Crippen molar-refractivity contribution in [3.63, 3.8) is 0 Å².